The summed E-state index contributed by atoms with van der Waals surface area (Å²) < 4.78 is 81.6. The first-order valence-electron chi connectivity index (χ1n) is 7.73. The molecule has 0 fully saturated rings. The standard InChI is InChI=1S/C16H15BrF4N2O2S/c1-16(20,21)8-2-3-9-13(4-8)22-7-15(9)26(24,25)23-14-6-11(18)10(17)5-12(14)19/h5-8,22-23H,2-4H2,1H3. The van der Waals surface area contributed by atoms with Crippen LogP contribution in [0, 0.1) is 17.6 Å². The number of aromatic amines is 1. The van der Waals surface area contributed by atoms with Crippen LogP contribution in [0.5, 0.6) is 0 Å². The van der Waals surface area contributed by atoms with Crippen LogP contribution in [-0.2, 0) is 22.9 Å². The molecular formula is C16H15BrF4N2O2S. The number of aromatic nitrogens is 1. The predicted octanol–water partition coefficient (Wildman–Crippen LogP) is 4.62. The predicted molar refractivity (Wildman–Crippen MR) is 91.8 cm³/mol. The number of sulfonamides is 1. The molecule has 1 heterocycles. The highest BCUT2D eigenvalue weighted by Gasteiger charge is 2.38. The van der Waals surface area contributed by atoms with Gasteiger partial charge in [-0.1, -0.05) is 0 Å². The van der Waals surface area contributed by atoms with Crippen molar-refractivity contribution < 1.29 is 26.0 Å². The highest BCUT2D eigenvalue weighted by molar-refractivity contribution is 9.10. The summed E-state index contributed by atoms with van der Waals surface area (Å²) in [7, 11) is -4.21. The van der Waals surface area contributed by atoms with Gasteiger partial charge in [0.15, 0.2) is 0 Å². The van der Waals surface area contributed by atoms with Crippen molar-refractivity contribution in [1.29, 1.82) is 0 Å². The van der Waals surface area contributed by atoms with Crippen LogP contribution in [0.4, 0.5) is 23.2 Å². The van der Waals surface area contributed by atoms with Gasteiger partial charge in [-0.25, -0.2) is 26.0 Å². The molecule has 0 saturated carbocycles. The zero-order chi connectivity index (χ0) is 19.3. The van der Waals surface area contributed by atoms with Gasteiger partial charge in [-0.05, 0) is 53.7 Å². The molecule has 1 atom stereocenters. The molecule has 3 rings (SSSR count). The summed E-state index contributed by atoms with van der Waals surface area (Å²) in [5.74, 6) is -5.52. The van der Waals surface area contributed by atoms with E-state index in [2.05, 4.69) is 20.9 Å². The van der Waals surface area contributed by atoms with Crippen molar-refractivity contribution in [2.24, 2.45) is 5.92 Å². The van der Waals surface area contributed by atoms with Gasteiger partial charge < -0.3 is 4.98 Å². The van der Waals surface area contributed by atoms with Crippen LogP contribution in [0.1, 0.15) is 24.6 Å². The summed E-state index contributed by atoms with van der Waals surface area (Å²) in [6, 6.07) is 1.54. The summed E-state index contributed by atoms with van der Waals surface area (Å²) in [6.45, 7) is 0.843. The zero-order valence-corrected chi connectivity index (χ0v) is 15.9. The van der Waals surface area contributed by atoms with E-state index in [9.17, 15) is 26.0 Å². The fourth-order valence-electron chi connectivity index (χ4n) is 3.07. The molecule has 2 N–H and O–H groups in total. The Balaban J connectivity index is 1.91. The first-order valence-corrected chi connectivity index (χ1v) is 10.0. The van der Waals surface area contributed by atoms with Gasteiger partial charge in [-0.15, -0.1) is 0 Å². The molecule has 0 spiro atoms. The smallest absolute Gasteiger partial charge is 0.263 e. The molecule has 4 nitrogen and oxygen atoms in total. The lowest BCUT2D eigenvalue weighted by atomic mass is 9.84. The highest BCUT2D eigenvalue weighted by Crippen LogP contribution is 2.38. The Morgan fingerprint density at radius 2 is 1.96 bits per heavy atom. The van der Waals surface area contributed by atoms with Crippen LogP contribution < -0.4 is 4.72 Å². The van der Waals surface area contributed by atoms with Gasteiger partial charge >= 0.3 is 0 Å². The van der Waals surface area contributed by atoms with Gasteiger partial charge in [0.2, 0.25) is 5.92 Å². The number of rotatable bonds is 4. The summed E-state index contributed by atoms with van der Waals surface area (Å²) in [5.41, 5.74) is 0.288. The van der Waals surface area contributed by atoms with Crippen LogP contribution in [-0.4, -0.2) is 19.3 Å². The van der Waals surface area contributed by atoms with Gasteiger partial charge in [0, 0.05) is 23.9 Å². The molecule has 0 saturated heterocycles. The number of hydrogen-bond acceptors (Lipinski definition) is 2. The lowest BCUT2D eigenvalue weighted by Gasteiger charge is -2.27. The van der Waals surface area contributed by atoms with Crippen LogP contribution in [0.2, 0.25) is 0 Å². The van der Waals surface area contributed by atoms with Crippen molar-refractivity contribution >= 4 is 31.6 Å². The number of halogens is 5. The van der Waals surface area contributed by atoms with E-state index in [0.717, 1.165) is 19.1 Å². The number of H-pyrrole nitrogens is 1. The fourth-order valence-corrected chi connectivity index (χ4v) is 4.71. The molecule has 26 heavy (non-hydrogen) atoms. The molecule has 0 radical (unpaired) electrons. The van der Waals surface area contributed by atoms with E-state index in [1.807, 2.05) is 4.72 Å². The largest absolute Gasteiger partial charge is 0.363 e. The molecule has 1 aliphatic rings. The van der Waals surface area contributed by atoms with E-state index in [1.54, 1.807) is 0 Å². The normalized spacial score (nSPS) is 17.8. The molecule has 2 aromatic rings. The molecule has 1 aromatic carbocycles. The number of fused-ring (bicyclic) bond motifs is 1. The summed E-state index contributed by atoms with van der Waals surface area (Å²) in [5, 5.41) is 0. The quantitative estimate of drug-likeness (QED) is 0.523. The van der Waals surface area contributed by atoms with Gasteiger partial charge in [-0.2, -0.15) is 0 Å². The van der Waals surface area contributed by atoms with Crippen molar-refractivity contribution in [2.45, 2.75) is 37.0 Å². The lowest BCUT2D eigenvalue weighted by Crippen LogP contribution is -2.30. The third-order valence-electron chi connectivity index (χ3n) is 4.49. The Labute approximate surface area is 156 Å². The molecule has 0 amide bonds. The SMILES string of the molecule is CC(F)(F)C1CCc2c(S(=O)(=O)Nc3cc(F)c(Br)cc3F)c[nH]c2C1. The van der Waals surface area contributed by atoms with Gasteiger partial charge in [0.25, 0.3) is 10.0 Å². The molecule has 1 unspecified atom stereocenters. The molecule has 142 valence electrons. The first kappa shape index (κ1) is 19.2. The first-order chi connectivity index (χ1) is 12.0. The maximum atomic E-state index is 13.9. The van der Waals surface area contributed by atoms with Crippen LogP contribution in [0.25, 0.3) is 0 Å². The maximum Gasteiger partial charge on any atom is 0.263 e. The number of alkyl halides is 2. The molecule has 10 heteroatoms. The summed E-state index contributed by atoms with van der Waals surface area (Å²) in [4.78, 5) is 2.58. The minimum Gasteiger partial charge on any atom is -0.363 e. The Kier molecular flexibility index (Phi) is 4.85. The summed E-state index contributed by atoms with van der Waals surface area (Å²) >= 11 is 2.81. The Morgan fingerprint density at radius 1 is 1.27 bits per heavy atom. The van der Waals surface area contributed by atoms with Crippen LogP contribution >= 0.6 is 15.9 Å². The number of benzene rings is 1. The van der Waals surface area contributed by atoms with Gasteiger partial charge in [0.05, 0.1) is 10.2 Å². The molecule has 0 bridgehead atoms. The third-order valence-corrected chi connectivity index (χ3v) is 6.53. The summed E-state index contributed by atoms with van der Waals surface area (Å²) in [6.07, 6.45) is 1.50. The number of anilines is 1. The maximum absolute atomic E-state index is 13.9. The van der Waals surface area contributed by atoms with Crippen molar-refractivity contribution in [3.63, 3.8) is 0 Å². The highest BCUT2D eigenvalue weighted by atomic mass is 79.9. The minimum absolute atomic E-state index is 0.0234. The van der Waals surface area contributed by atoms with Crippen LogP contribution in [0.3, 0.4) is 0 Å². The average Bonchev–Trinajstić information content (AvgIpc) is 2.95. The Hall–Kier alpha value is -1.55. The third kappa shape index (κ3) is 3.62. The lowest BCUT2D eigenvalue weighted by molar-refractivity contribution is -0.0448. The topological polar surface area (TPSA) is 62.0 Å². The molecule has 1 aliphatic carbocycles. The van der Waals surface area contributed by atoms with E-state index in [-0.39, 0.29) is 28.6 Å². The fraction of sp³-hybridized carbons (Fsp3) is 0.375. The Bertz CT molecular complexity index is 954. The van der Waals surface area contributed by atoms with E-state index in [4.69, 9.17) is 0 Å². The monoisotopic (exact) mass is 454 g/mol. The minimum atomic E-state index is -4.21. The van der Waals surface area contributed by atoms with Crippen molar-refractivity contribution in [3.05, 3.63) is 45.7 Å². The number of hydrogen-bond donors (Lipinski definition) is 2. The zero-order valence-electron chi connectivity index (χ0n) is 13.5. The number of nitrogens with one attached hydrogen (secondary N) is 2. The van der Waals surface area contributed by atoms with E-state index in [1.165, 1.54) is 6.20 Å². The Morgan fingerprint density at radius 3 is 2.62 bits per heavy atom. The van der Waals surface area contributed by atoms with Gasteiger partial charge in [0.1, 0.15) is 16.5 Å². The molecule has 0 aliphatic heterocycles. The van der Waals surface area contributed by atoms with Crippen molar-refractivity contribution in [2.75, 3.05) is 4.72 Å². The van der Waals surface area contributed by atoms with Crippen molar-refractivity contribution in [3.8, 4) is 0 Å². The van der Waals surface area contributed by atoms with E-state index >= 15 is 0 Å². The second-order valence-electron chi connectivity index (χ2n) is 6.36. The van der Waals surface area contributed by atoms with E-state index < -0.39 is 39.2 Å². The molecule has 1 aromatic heterocycles. The van der Waals surface area contributed by atoms with Crippen molar-refractivity contribution in [1.82, 2.24) is 4.98 Å². The molecular weight excluding hydrogens is 440 g/mol. The van der Waals surface area contributed by atoms with E-state index in [0.29, 0.717) is 11.3 Å². The van der Waals surface area contributed by atoms with Gasteiger partial charge in [-0.3, -0.25) is 4.72 Å². The second-order valence-corrected chi connectivity index (χ2v) is 8.86. The van der Waals surface area contributed by atoms with Crippen LogP contribution in [0.15, 0.2) is 27.7 Å². The average molecular weight is 455 g/mol. The second kappa shape index (κ2) is 6.56.